The van der Waals surface area contributed by atoms with Crippen molar-refractivity contribution in [2.45, 2.75) is 0 Å². The molecular weight excluding hydrogens is 849 g/mol. The molecule has 0 fully saturated rings. The average Bonchev–Trinajstić information content (AvgIpc) is 4.06. The fourth-order valence-corrected chi connectivity index (χ4v) is 9.99. The first kappa shape index (κ1) is 38.6. The molecule has 6 heterocycles. The minimum atomic E-state index is 0.539. The lowest BCUT2D eigenvalue weighted by molar-refractivity contribution is 0.947. The van der Waals surface area contributed by atoms with Crippen molar-refractivity contribution in [2.24, 2.45) is 0 Å². The van der Waals surface area contributed by atoms with E-state index in [1.165, 1.54) is 0 Å². The Bertz CT molecular complexity index is 4250. The molecule has 322 valence electrons. The lowest BCUT2D eigenvalue weighted by Gasteiger charge is -2.11. The van der Waals surface area contributed by atoms with Crippen molar-refractivity contribution in [1.29, 1.82) is 0 Å². The van der Waals surface area contributed by atoms with E-state index in [2.05, 4.69) is 147 Å². The molecule has 0 saturated carbocycles. The van der Waals surface area contributed by atoms with Gasteiger partial charge in [0.1, 0.15) is 6.33 Å². The van der Waals surface area contributed by atoms with Gasteiger partial charge in [-0.25, -0.2) is 15.0 Å². The highest BCUT2D eigenvalue weighted by atomic mass is 15.2. The highest BCUT2D eigenvalue weighted by molar-refractivity contribution is 6.12. The fourth-order valence-electron chi connectivity index (χ4n) is 9.99. The second kappa shape index (κ2) is 15.5. The van der Waals surface area contributed by atoms with Gasteiger partial charge >= 0.3 is 0 Å². The Hall–Kier alpha value is -9.67. The van der Waals surface area contributed by atoms with Crippen LogP contribution in [0.5, 0.6) is 0 Å². The van der Waals surface area contributed by atoms with Gasteiger partial charge in [-0.05, 0) is 83.9 Å². The first-order valence-corrected chi connectivity index (χ1v) is 22.8. The van der Waals surface area contributed by atoms with E-state index >= 15 is 0 Å². The number of para-hydroxylation sites is 3. The topological polar surface area (TPSA) is 105 Å². The molecule has 0 aliphatic heterocycles. The van der Waals surface area contributed by atoms with E-state index in [-0.39, 0.29) is 0 Å². The molecule has 0 aliphatic rings. The van der Waals surface area contributed by atoms with E-state index < -0.39 is 0 Å². The van der Waals surface area contributed by atoms with Crippen LogP contribution in [0.2, 0.25) is 0 Å². The second-order valence-electron chi connectivity index (χ2n) is 17.1. The zero-order chi connectivity index (χ0) is 45.4. The Morgan fingerprint density at radius 1 is 0.275 bits per heavy atom. The molecule has 0 unspecified atom stereocenters. The summed E-state index contributed by atoms with van der Waals surface area (Å²) in [5, 5.41) is 5.44. The van der Waals surface area contributed by atoms with Crippen molar-refractivity contribution in [3.05, 3.63) is 219 Å². The van der Waals surface area contributed by atoms with Crippen LogP contribution in [-0.4, -0.2) is 48.6 Å². The Morgan fingerprint density at radius 3 is 1.52 bits per heavy atom. The molecule has 0 N–H and O–H groups in total. The van der Waals surface area contributed by atoms with Gasteiger partial charge in [0.15, 0.2) is 17.5 Å². The van der Waals surface area contributed by atoms with Gasteiger partial charge in [0.2, 0.25) is 11.9 Å². The van der Waals surface area contributed by atoms with Gasteiger partial charge in [-0.2, -0.15) is 15.0 Å². The van der Waals surface area contributed by atoms with Crippen LogP contribution in [0.4, 0.5) is 0 Å². The quantitative estimate of drug-likeness (QED) is 0.157. The zero-order valence-corrected chi connectivity index (χ0v) is 36.8. The number of hydrogen-bond donors (Lipinski definition) is 0. The summed E-state index contributed by atoms with van der Waals surface area (Å²) in [5.74, 6) is 2.89. The van der Waals surface area contributed by atoms with Crippen molar-refractivity contribution in [3.8, 4) is 62.9 Å². The van der Waals surface area contributed by atoms with Crippen LogP contribution in [0.1, 0.15) is 0 Å². The van der Waals surface area contributed by atoms with Gasteiger partial charge in [-0.15, -0.1) is 0 Å². The first-order chi connectivity index (χ1) is 34.2. The maximum absolute atomic E-state index is 5.16. The summed E-state index contributed by atoms with van der Waals surface area (Å²) in [7, 11) is 0. The van der Waals surface area contributed by atoms with Gasteiger partial charge in [-0.1, -0.05) is 133 Å². The van der Waals surface area contributed by atoms with Gasteiger partial charge in [0.05, 0.1) is 38.6 Å². The molecule has 0 saturated heterocycles. The van der Waals surface area contributed by atoms with Crippen LogP contribution in [0, 0.1) is 0 Å². The monoisotopic (exact) mass is 884 g/mol. The summed E-state index contributed by atoms with van der Waals surface area (Å²) in [6.07, 6.45) is 3.45. The van der Waals surface area contributed by atoms with Crippen LogP contribution in [0.25, 0.3) is 128 Å². The summed E-state index contributed by atoms with van der Waals surface area (Å²) in [6, 6.07) is 71.2. The predicted molar refractivity (Wildman–Crippen MR) is 276 cm³/mol. The number of hydrogen-bond acceptors (Lipinski definition) is 7. The Kier molecular flexibility index (Phi) is 8.65. The van der Waals surface area contributed by atoms with E-state index in [4.69, 9.17) is 34.9 Å². The van der Waals surface area contributed by atoms with Crippen LogP contribution in [0.15, 0.2) is 219 Å². The minimum Gasteiger partial charge on any atom is -0.308 e. The van der Waals surface area contributed by atoms with Crippen molar-refractivity contribution < 1.29 is 0 Å². The molecule has 0 radical (unpaired) electrons. The van der Waals surface area contributed by atoms with E-state index in [1.54, 1.807) is 6.33 Å². The number of fused-ring (bicyclic) bond motifs is 9. The van der Waals surface area contributed by atoms with Crippen molar-refractivity contribution in [2.75, 3.05) is 0 Å². The number of benzene rings is 8. The number of pyridine rings is 1. The van der Waals surface area contributed by atoms with E-state index in [9.17, 15) is 0 Å². The smallest absolute Gasteiger partial charge is 0.238 e. The van der Waals surface area contributed by atoms with Crippen LogP contribution in [-0.2, 0) is 0 Å². The van der Waals surface area contributed by atoms with Gasteiger partial charge in [0, 0.05) is 55.5 Å². The molecule has 10 heteroatoms. The lowest BCUT2D eigenvalue weighted by atomic mass is 10.0. The summed E-state index contributed by atoms with van der Waals surface area (Å²) < 4.78 is 6.56. The molecule has 0 aliphatic carbocycles. The molecule has 10 nitrogen and oxygen atoms in total. The maximum atomic E-state index is 5.16. The van der Waals surface area contributed by atoms with Crippen molar-refractivity contribution in [1.82, 2.24) is 48.6 Å². The van der Waals surface area contributed by atoms with Crippen LogP contribution in [0.3, 0.4) is 0 Å². The Morgan fingerprint density at radius 2 is 0.797 bits per heavy atom. The molecule has 14 rings (SSSR count). The maximum Gasteiger partial charge on any atom is 0.238 e. The largest absolute Gasteiger partial charge is 0.308 e. The molecule has 0 bridgehead atoms. The summed E-state index contributed by atoms with van der Waals surface area (Å²) in [6.45, 7) is 0. The second-order valence-corrected chi connectivity index (χ2v) is 17.1. The van der Waals surface area contributed by atoms with Gasteiger partial charge in [0.25, 0.3) is 0 Å². The zero-order valence-electron chi connectivity index (χ0n) is 36.8. The Balaban J connectivity index is 0.900. The third-order valence-corrected chi connectivity index (χ3v) is 13.1. The van der Waals surface area contributed by atoms with Crippen LogP contribution >= 0.6 is 0 Å². The highest BCUT2D eigenvalue weighted by Crippen LogP contribution is 2.39. The molecule has 8 aromatic carbocycles. The SMILES string of the molecule is c1ccc(-c2nc(-c3ccccc3)nc(-n3c4ccccc4c4ccc(-c5ccc6c(c5)c5ccccc5n6-c5ncnc(-c6ccc7c(c6)c6ncccc6n7-c6ccccc6)n5)cc43)n2)cc1. The molecule has 0 atom stereocenters. The molecule has 0 amide bonds. The molecule has 6 aromatic heterocycles. The van der Waals surface area contributed by atoms with Crippen molar-refractivity contribution in [3.63, 3.8) is 0 Å². The molecular formula is C59H36N10. The van der Waals surface area contributed by atoms with Gasteiger partial charge < -0.3 is 4.57 Å². The summed E-state index contributed by atoms with van der Waals surface area (Å²) >= 11 is 0. The highest BCUT2D eigenvalue weighted by Gasteiger charge is 2.21. The first-order valence-electron chi connectivity index (χ1n) is 22.8. The molecule has 0 spiro atoms. The summed E-state index contributed by atoms with van der Waals surface area (Å²) in [5.41, 5.74) is 13.0. The molecule has 69 heavy (non-hydrogen) atoms. The number of rotatable bonds is 7. The van der Waals surface area contributed by atoms with Gasteiger partial charge in [-0.3, -0.25) is 14.1 Å². The standard InChI is InChI=1S/C59H36N10/c1-4-15-37(16-5-1)56-63-57(38-17-6-2-7-18-38)66-59(65-56)69-48-23-12-10-21-43(48)45-29-26-40(35-53(45)69)39-27-30-50-46(33-39)44-22-11-13-24-49(44)68(50)58-62-36-61-55(64-58)41-28-31-51-47(34-41)54-52(25-14-32-60-54)67(51)42-19-8-3-9-20-42/h1-36H. The van der Waals surface area contributed by atoms with E-state index in [0.717, 1.165) is 99.1 Å². The average molecular weight is 885 g/mol. The third-order valence-electron chi connectivity index (χ3n) is 13.1. The minimum absolute atomic E-state index is 0.539. The van der Waals surface area contributed by atoms with E-state index in [1.807, 2.05) is 79.0 Å². The van der Waals surface area contributed by atoms with Crippen LogP contribution < -0.4 is 0 Å². The fraction of sp³-hybridized carbons (Fsp3) is 0. The normalized spacial score (nSPS) is 11.8. The Labute approximate surface area is 394 Å². The number of aromatic nitrogens is 10. The molecule has 14 aromatic rings. The van der Waals surface area contributed by atoms with Crippen molar-refractivity contribution >= 4 is 65.5 Å². The summed E-state index contributed by atoms with van der Waals surface area (Å²) in [4.78, 5) is 34.8. The number of nitrogens with zero attached hydrogens (tertiary/aromatic N) is 10. The predicted octanol–water partition coefficient (Wildman–Crippen LogP) is 13.4. The van der Waals surface area contributed by atoms with E-state index in [0.29, 0.717) is 29.4 Å². The lowest BCUT2D eigenvalue weighted by Crippen LogP contribution is -2.06. The third kappa shape index (κ3) is 6.23.